The van der Waals surface area contributed by atoms with Crippen molar-refractivity contribution in [3.8, 4) is 0 Å². The van der Waals surface area contributed by atoms with E-state index in [1.54, 1.807) is 0 Å². The fraction of sp³-hybridized carbons (Fsp3) is 0.294. The van der Waals surface area contributed by atoms with E-state index in [0.717, 1.165) is 22.9 Å². The number of rotatable bonds is 4. The molecule has 0 spiro atoms. The average molecular weight is 372 g/mol. The SMILES string of the molecule is CCc1ccc(CC)c(C(Cl)c2cc(Cl)cc(Br)c2)c1. The van der Waals surface area contributed by atoms with Crippen molar-refractivity contribution >= 4 is 39.1 Å². The quantitative estimate of drug-likeness (QED) is 0.534. The topological polar surface area (TPSA) is 0 Å². The van der Waals surface area contributed by atoms with E-state index in [9.17, 15) is 0 Å². The van der Waals surface area contributed by atoms with Gasteiger partial charge in [-0.25, -0.2) is 0 Å². The van der Waals surface area contributed by atoms with Gasteiger partial charge in [-0.15, -0.1) is 11.6 Å². The first-order valence-corrected chi connectivity index (χ1v) is 8.37. The van der Waals surface area contributed by atoms with Gasteiger partial charge in [0.2, 0.25) is 0 Å². The van der Waals surface area contributed by atoms with Crippen LogP contribution in [0.3, 0.4) is 0 Å². The smallest absolute Gasteiger partial charge is 0.0839 e. The minimum Gasteiger partial charge on any atom is -0.113 e. The molecule has 0 saturated carbocycles. The second-order valence-corrected chi connectivity index (χ2v) is 6.59. The van der Waals surface area contributed by atoms with Crippen LogP contribution in [0.4, 0.5) is 0 Å². The van der Waals surface area contributed by atoms with E-state index in [1.165, 1.54) is 16.7 Å². The summed E-state index contributed by atoms with van der Waals surface area (Å²) in [6.45, 7) is 4.31. The largest absolute Gasteiger partial charge is 0.113 e. The van der Waals surface area contributed by atoms with Gasteiger partial charge in [0.25, 0.3) is 0 Å². The Bertz CT molecular complexity index is 588. The van der Waals surface area contributed by atoms with Crippen LogP contribution in [0.1, 0.15) is 41.5 Å². The lowest BCUT2D eigenvalue weighted by Crippen LogP contribution is -2.00. The second kappa shape index (κ2) is 6.98. The summed E-state index contributed by atoms with van der Waals surface area (Å²) in [5.41, 5.74) is 4.80. The van der Waals surface area contributed by atoms with Crippen LogP contribution in [0, 0.1) is 0 Å². The Hall–Kier alpha value is -0.500. The molecule has 2 rings (SSSR count). The van der Waals surface area contributed by atoms with Gasteiger partial charge >= 0.3 is 0 Å². The van der Waals surface area contributed by atoms with Crippen LogP contribution in [0.15, 0.2) is 40.9 Å². The van der Waals surface area contributed by atoms with E-state index >= 15 is 0 Å². The highest BCUT2D eigenvalue weighted by atomic mass is 79.9. The van der Waals surface area contributed by atoms with Crippen LogP contribution in [0.2, 0.25) is 5.02 Å². The summed E-state index contributed by atoms with van der Waals surface area (Å²) in [4.78, 5) is 0. The summed E-state index contributed by atoms with van der Waals surface area (Å²) in [5, 5.41) is 0.524. The fourth-order valence-corrected chi connectivity index (χ4v) is 3.54. The number of alkyl halides is 1. The number of hydrogen-bond acceptors (Lipinski definition) is 0. The molecule has 2 aromatic rings. The molecule has 2 aromatic carbocycles. The molecule has 0 saturated heterocycles. The lowest BCUT2D eigenvalue weighted by molar-refractivity contribution is 1.02. The van der Waals surface area contributed by atoms with Crippen LogP contribution in [0.5, 0.6) is 0 Å². The van der Waals surface area contributed by atoms with E-state index in [-0.39, 0.29) is 5.38 Å². The van der Waals surface area contributed by atoms with Gasteiger partial charge in [-0.2, -0.15) is 0 Å². The lowest BCUT2D eigenvalue weighted by Gasteiger charge is -2.16. The highest BCUT2D eigenvalue weighted by molar-refractivity contribution is 9.10. The highest BCUT2D eigenvalue weighted by Crippen LogP contribution is 2.35. The predicted molar refractivity (Wildman–Crippen MR) is 92.0 cm³/mol. The summed E-state index contributed by atoms with van der Waals surface area (Å²) in [5.74, 6) is 0. The van der Waals surface area contributed by atoms with Gasteiger partial charge in [0, 0.05) is 9.50 Å². The first-order chi connectivity index (χ1) is 9.55. The van der Waals surface area contributed by atoms with Crippen molar-refractivity contribution in [3.63, 3.8) is 0 Å². The zero-order valence-electron chi connectivity index (χ0n) is 11.6. The minimum atomic E-state index is -0.175. The first kappa shape index (κ1) is 15.9. The van der Waals surface area contributed by atoms with Crippen LogP contribution < -0.4 is 0 Å². The molecule has 1 unspecified atom stereocenters. The van der Waals surface area contributed by atoms with Crippen molar-refractivity contribution in [3.05, 3.63) is 68.1 Å². The molecular weight excluding hydrogens is 355 g/mol. The molecule has 0 N–H and O–H groups in total. The number of aryl methyl sites for hydroxylation is 2. The minimum absolute atomic E-state index is 0.175. The fourth-order valence-electron chi connectivity index (χ4n) is 2.32. The van der Waals surface area contributed by atoms with Gasteiger partial charge in [-0.05, 0) is 53.3 Å². The van der Waals surface area contributed by atoms with Gasteiger partial charge in [0.1, 0.15) is 0 Å². The summed E-state index contributed by atoms with van der Waals surface area (Å²) in [7, 11) is 0. The Kier molecular flexibility index (Phi) is 5.54. The molecule has 106 valence electrons. The molecule has 0 nitrogen and oxygen atoms in total. The molecule has 20 heavy (non-hydrogen) atoms. The molecule has 0 amide bonds. The molecular formula is C17H17BrCl2. The Labute approximate surface area is 139 Å². The maximum atomic E-state index is 6.71. The zero-order chi connectivity index (χ0) is 14.7. The molecule has 0 aliphatic rings. The molecule has 0 aliphatic carbocycles. The Morgan fingerprint density at radius 1 is 1.05 bits per heavy atom. The van der Waals surface area contributed by atoms with Gasteiger partial charge in [0.05, 0.1) is 5.38 Å². The Morgan fingerprint density at radius 3 is 2.40 bits per heavy atom. The molecule has 1 atom stereocenters. The summed E-state index contributed by atoms with van der Waals surface area (Å²) in [6, 6.07) is 12.4. The third-order valence-corrected chi connectivity index (χ3v) is 4.61. The van der Waals surface area contributed by atoms with Gasteiger partial charge < -0.3 is 0 Å². The van der Waals surface area contributed by atoms with Crippen molar-refractivity contribution in [1.82, 2.24) is 0 Å². The maximum absolute atomic E-state index is 6.71. The van der Waals surface area contributed by atoms with Crippen LogP contribution in [-0.2, 0) is 12.8 Å². The number of halogens is 3. The summed E-state index contributed by atoms with van der Waals surface area (Å²) < 4.78 is 0.954. The van der Waals surface area contributed by atoms with Crippen LogP contribution in [0.25, 0.3) is 0 Å². The van der Waals surface area contributed by atoms with Crippen LogP contribution in [-0.4, -0.2) is 0 Å². The zero-order valence-corrected chi connectivity index (χ0v) is 14.7. The molecule has 0 fully saturated rings. The highest BCUT2D eigenvalue weighted by Gasteiger charge is 2.16. The van der Waals surface area contributed by atoms with E-state index in [2.05, 4.69) is 48.0 Å². The van der Waals surface area contributed by atoms with Gasteiger partial charge in [0.15, 0.2) is 0 Å². The number of hydrogen-bond donors (Lipinski definition) is 0. The summed E-state index contributed by atoms with van der Waals surface area (Å²) >= 11 is 16.3. The molecule has 0 aliphatic heterocycles. The standard InChI is InChI=1S/C17H17BrCl2/c1-3-11-5-6-12(4-2)16(7-11)17(20)13-8-14(18)10-15(19)9-13/h5-10,17H,3-4H2,1-2H3. The molecule has 0 heterocycles. The van der Waals surface area contributed by atoms with Crippen molar-refractivity contribution in [2.45, 2.75) is 32.1 Å². The third kappa shape index (κ3) is 3.58. The molecule has 3 heteroatoms. The molecule has 0 radical (unpaired) electrons. The predicted octanol–water partition coefficient (Wildman–Crippen LogP) is 6.56. The first-order valence-electron chi connectivity index (χ1n) is 6.76. The monoisotopic (exact) mass is 370 g/mol. The Morgan fingerprint density at radius 2 is 1.80 bits per heavy atom. The van der Waals surface area contributed by atoms with E-state index in [1.807, 2.05) is 18.2 Å². The lowest BCUT2D eigenvalue weighted by atomic mass is 9.95. The van der Waals surface area contributed by atoms with Gasteiger partial charge in [-0.1, -0.05) is 59.6 Å². The van der Waals surface area contributed by atoms with Crippen molar-refractivity contribution in [2.24, 2.45) is 0 Å². The van der Waals surface area contributed by atoms with E-state index in [0.29, 0.717) is 5.02 Å². The Balaban J connectivity index is 2.48. The summed E-state index contributed by atoms with van der Waals surface area (Å²) in [6.07, 6.45) is 1.99. The van der Waals surface area contributed by atoms with E-state index in [4.69, 9.17) is 23.2 Å². The van der Waals surface area contributed by atoms with Crippen molar-refractivity contribution < 1.29 is 0 Å². The number of benzene rings is 2. The second-order valence-electron chi connectivity index (χ2n) is 4.81. The van der Waals surface area contributed by atoms with Crippen LogP contribution >= 0.6 is 39.1 Å². The van der Waals surface area contributed by atoms with Gasteiger partial charge in [-0.3, -0.25) is 0 Å². The van der Waals surface area contributed by atoms with Crippen molar-refractivity contribution in [2.75, 3.05) is 0 Å². The molecule has 0 aromatic heterocycles. The van der Waals surface area contributed by atoms with E-state index < -0.39 is 0 Å². The average Bonchev–Trinajstić information content (AvgIpc) is 2.44. The maximum Gasteiger partial charge on any atom is 0.0839 e. The third-order valence-electron chi connectivity index (χ3n) is 3.45. The normalized spacial score (nSPS) is 12.4. The molecule has 0 bridgehead atoms. The van der Waals surface area contributed by atoms with Crippen molar-refractivity contribution in [1.29, 1.82) is 0 Å².